The molecule has 0 bridgehead atoms. The number of aromatic carboxylic acids is 1. The van der Waals surface area contributed by atoms with E-state index in [1.165, 1.54) is 17.8 Å². The Kier molecular flexibility index (Phi) is 9.13. The lowest BCUT2D eigenvalue weighted by atomic mass is 10.0. The van der Waals surface area contributed by atoms with E-state index >= 15 is 0 Å². The van der Waals surface area contributed by atoms with E-state index in [2.05, 4.69) is 15.6 Å². The molecule has 1 saturated heterocycles. The van der Waals surface area contributed by atoms with Crippen LogP contribution in [0.1, 0.15) is 52.8 Å². The van der Waals surface area contributed by atoms with Crippen LogP contribution in [0.5, 0.6) is 0 Å². The highest BCUT2D eigenvalue weighted by Gasteiger charge is 2.32. The molecule has 2 heterocycles. The summed E-state index contributed by atoms with van der Waals surface area (Å²) in [7, 11) is 0. The second-order valence-electron chi connectivity index (χ2n) is 8.43. The van der Waals surface area contributed by atoms with Gasteiger partial charge in [-0.1, -0.05) is 36.4 Å². The van der Waals surface area contributed by atoms with E-state index in [0.29, 0.717) is 29.4 Å². The Morgan fingerprint density at radius 1 is 1.08 bits per heavy atom. The van der Waals surface area contributed by atoms with Gasteiger partial charge >= 0.3 is 12.0 Å². The van der Waals surface area contributed by atoms with Gasteiger partial charge in [0.1, 0.15) is 5.03 Å². The topological polar surface area (TPSA) is 130 Å². The smallest absolute Gasteiger partial charge is 0.338 e. The van der Waals surface area contributed by atoms with Crippen LogP contribution in [0.3, 0.4) is 0 Å². The van der Waals surface area contributed by atoms with Crippen LogP contribution < -0.4 is 10.6 Å². The number of hydrogen-bond donors (Lipinski definition) is 4. The number of pyridine rings is 1. The third-order valence-corrected chi connectivity index (χ3v) is 6.91. The number of rotatable bonds is 9. The molecule has 3 aromatic rings. The van der Waals surface area contributed by atoms with Gasteiger partial charge in [-0.25, -0.2) is 14.6 Å². The number of nitrogens with zero attached hydrogens (tertiary/aromatic N) is 1. The van der Waals surface area contributed by atoms with Crippen LogP contribution in [-0.2, 0) is 16.1 Å². The summed E-state index contributed by atoms with van der Waals surface area (Å²) < 4.78 is 12.7. The van der Waals surface area contributed by atoms with E-state index in [0.717, 1.165) is 16.7 Å². The summed E-state index contributed by atoms with van der Waals surface area (Å²) in [6.45, 7) is 2.31. The minimum Gasteiger partial charge on any atom is -0.478 e. The number of anilines is 1. The molecular formula is C27H29N3O6S. The van der Waals surface area contributed by atoms with Gasteiger partial charge in [-0.15, -0.1) is 11.8 Å². The van der Waals surface area contributed by atoms with Gasteiger partial charge in [0.25, 0.3) is 0 Å². The van der Waals surface area contributed by atoms with Crippen molar-refractivity contribution in [3.8, 4) is 0 Å². The second-order valence-corrected chi connectivity index (χ2v) is 9.44. The van der Waals surface area contributed by atoms with Gasteiger partial charge in [0.15, 0.2) is 6.29 Å². The van der Waals surface area contributed by atoms with Crippen LogP contribution in [0.15, 0.2) is 71.9 Å². The lowest BCUT2D eigenvalue weighted by Crippen LogP contribution is -2.31. The minimum atomic E-state index is -1.03. The predicted molar refractivity (Wildman–Crippen MR) is 139 cm³/mol. The van der Waals surface area contributed by atoms with Crippen molar-refractivity contribution in [2.45, 2.75) is 43.5 Å². The molecular weight excluding hydrogens is 494 g/mol. The monoisotopic (exact) mass is 523 g/mol. The van der Waals surface area contributed by atoms with E-state index in [-0.39, 0.29) is 30.4 Å². The van der Waals surface area contributed by atoms with E-state index in [4.69, 9.17) is 9.47 Å². The van der Waals surface area contributed by atoms with Gasteiger partial charge in [0, 0.05) is 36.2 Å². The van der Waals surface area contributed by atoms with E-state index in [9.17, 15) is 19.8 Å². The number of amides is 2. The molecule has 1 aliphatic heterocycles. The third kappa shape index (κ3) is 7.07. The first kappa shape index (κ1) is 26.6. The number of carboxylic acids is 1. The largest absolute Gasteiger partial charge is 0.478 e. The summed E-state index contributed by atoms with van der Waals surface area (Å²) in [4.78, 5) is 27.8. The van der Waals surface area contributed by atoms with E-state index in [1.807, 2.05) is 49.4 Å². The number of carboxylic acid groups (broad SMARTS) is 1. The number of thioether (sulfide) groups is 1. The predicted octanol–water partition coefficient (Wildman–Crippen LogP) is 4.75. The second kappa shape index (κ2) is 12.7. The zero-order valence-corrected chi connectivity index (χ0v) is 21.1. The van der Waals surface area contributed by atoms with Crippen molar-refractivity contribution >= 4 is 29.4 Å². The third-order valence-electron chi connectivity index (χ3n) is 5.78. The standard InChI is InChI=1S/C27H29N3O6S/c1-2-28-27(34)30-20-6-3-5-19(13-20)26-35-21(16-37-24-22(25(32)33)7-4-12-29-24)14-23(36-26)18-10-8-17(15-31)9-11-18/h3-13,21,23,26,31H,2,14-16H2,1H3,(H,32,33)(H2,28,30,34)/t21-,23+,26?/m0/s1. The van der Waals surface area contributed by atoms with Gasteiger partial charge in [-0.05, 0) is 42.3 Å². The number of carbonyl (C=O) groups is 2. The normalized spacial score (nSPS) is 19.2. The van der Waals surface area contributed by atoms with Crippen molar-refractivity contribution in [2.24, 2.45) is 0 Å². The number of aliphatic hydroxyl groups is 1. The average Bonchev–Trinajstić information content (AvgIpc) is 2.92. The fraction of sp³-hybridized carbons (Fsp3) is 0.296. The molecule has 2 aromatic carbocycles. The molecule has 2 amide bonds. The quantitative estimate of drug-likeness (QED) is 0.296. The Hall–Kier alpha value is -3.44. The lowest BCUT2D eigenvalue weighted by Gasteiger charge is -2.36. The molecule has 4 rings (SSSR count). The molecule has 3 atom stereocenters. The summed E-state index contributed by atoms with van der Waals surface area (Å²) in [5.41, 5.74) is 3.25. The Morgan fingerprint density at radius 2 is 1.89 bits per heavy atom. The highest BCUT2D eigenvalue weighted by Crippen LogP contribution is 2.40. The molecule has 0 spiro atoms. The Morgan fingerprint density at radius 3 is 2.62 bits per heavy atom. The minimum absolute atomic E-state index is 0.0435. The first-order valence-electron chi connectivity index (χ1n) is 11.9. The van der Waals surface area contributed by atoms with Gasteiger partial charge in [-0.2, -0.15) is 0 Å². The summed E-state index contributed by atoms with van der Waals surface area (Å²) in [5.74, 6) is -0.557. The first-order valence-corrected chi connectivity index (χ1v) is 12.9. The van der Waals surface area contributed by atoms with Crippen molar-refractivity contribution < 1.29 is 29.3 Å². The molecule has 1 unspecified atom stereocenters. The number of hydrogen-bond acceptors (Lipinski definition) is 7. The maximum absolute atomic E-state index is 12.0. The molecule has 37 heavy (non-hydrogen) atoms. The highest BCUT2D eigenvalue weighted by molar-refractivity contribution is 7.99. The number of nitrogens with one attached hydrogen (secondary N) is 2. The molecule has 9 nitrogen and oxygen atoms in total. The molecule has 10 heteroatoms. The molecule has 1 aromatic heterocycles. The number of aromatic nitrogens is 1. The highest BCUT2D eigenvalue weighted by atomic mass is 32.2. The van der Waals surface area contributed by atoms with Gasteiger partial charge in [-0.3, -0.25) is 0 Å². The Balaban J connectivity index is 1.56. The van der Waals surface area contributed by atoms with Crippen molar-refractivity contribution in [3.05, 3.63) is 89.1 Å². The van der Waals surface area contributed by atoms with Crippen molar-refractivity contribution in [2.75, 3.05) is 17.6 Å². The number of ether oxygens (including phenoxy) is 2. The Bertz CT molecular complexity index is 1220. The van der Waals surface area contributed by atoms with Crippen LogP contribution in [0.2, 0.25) is 0 Å². The number of carbonyl (C=O) groups excluding carboxylic acids is 1. The maximum Gasteiger partial charge on any atom is 0.338 e. The summed E-state index contributed by atoms with van der Waals surface area (Å²) in [6, 6.07) is 17.7. The molecule has 0 radical (unpaired) electrons. The molecule has 194 valence electrons. The zero-order chi connectivity index (χ0) is 26.2. The summed E-state index contributed by atoms with van der Waals surface area (Å²) in [5, 5.41) is 24.8. The summed E-state index contributed by atoms with van der Waals surface area (Å²) in [6.07, 6.45) is 0.852. The van der Waals surface area contributed by atoms with Crippen LogP contribution in [0.25, 0.3) is 0 Å². The molecule has 0 aliphatic carbocycles. The molecule has 4 N–H and O–H groups in total. The van der Waals surface area contributed by atoms with Crippen LogP contribution >= 0.6 is 11.8 Å². The van der Waals surface area contributed by atoms with Crippen LogP contribution in [-0.4, -0.2) is 45.6 Å². The number of aliphatic hydroxyl groups excluding tert-OH is 1. The Labute approximate surface area is 219 Å². The molecule has 1 aliphatic rings. The van der Waals surface area contributed by atoms with Crippen LogP contribution in [0.4, 0.5) is 10.5 Å². The number of urea groups is 1. The number of benzene rings is 2. The SMILES string of the molecule is CCNC(=O)Nc1cccc(C2O[C@H](CSc3ncccc3C(=O)O)C[C@H](c3ccc(CO)cc3)O2)c1. The maximum atomic E-state index is 12.0. The van der Waals surface area contributed by atoms with Gasteiger partial charge in [0.05, 0.1) is 24.4 Å². The molecule has 0 saturated carbocycles. The van der Waals surface area contributed by atoms with E-state index in [1.54, 1.807) is 18.3 Å². The van der Waals surface area contributed by atoms with Crippen molar-refractivity contribution in [1.82, 2.24) is 10.3 Å². The lowest BCUT2D eigenvalue weighted by molar-refractivity contribution is -0.245. The fourth-order valence-corrected chi connectivity index (χ4v) is 4.97. The van der Waals surface area contributed by atoms with Crippen LogP contribution in [0, 0.1) is 0 Å². The summed E-state index contributed by atoms with van der Waals surface area (Å²) >= 11 is 1.33. The van der Waals surface area contributed by atoms with Crippen molar-refractivity contribution in [1.29, 1.82) is 0 Å². The first-order chi connectivity index (χ1) is 18.0. The molecule has 1 fully saturated rings. The fourth-order valence-electron chi connectivity index (χ4n) is 3.96. The van der Waals surface area contributed by atoms with E-state index < -0.39 is 12.3 Å². The van der Waals surface area contributed by atoms with Gasteiger partial charge in [0.2, 0.25) is 0 Å². The average molecular weight is 524 g/mol. The van der Waals surface area contributed by atoms with Gasteiger partial charge < -0.3 is 30.3 Å². The van der Waals surface area contributed by atoms with Crippen molar-refractivity contribution in [3.63, 3.8) is 0 Å². The zero-order valence-electron chi connectivity index (χ0n) is 20.3.